The molecule has 2 aromatic rings. The summed E-state index contributed by atoms with van der Waals surface area (Å²) in [6.45, 7) is 0. The molecule has 2 rings (SSSR count). The molecule has 0 aromatic heterocycles. The van der Waals surface area contributed by atoms with Crippen LogP contribution >= 0.6 is 11.6 Å². The number of hydrogen-bond acceptors (Lipinski definition) is 0. The zero-order valence-corrected chi connectivity index (χ0v) is 12.3. The van der Waals surface area contributed by atoms with Crippen LogP contribution in [0, 0.1) is 11.7 Å². The van der Waals surface area contributed by atoms with Crippen LogP contribution in [0.15, 0.2) is 54.6 Å². The average Bonchev–Trinajstić information content (AvgIpc) is 2.47. The van der Waals surface area contributed by atoms with Crippen LogP contribution in [0.25, 0.3) is 0 Å². The van der Waals surface area contributed by atoms with Crippen LogP contribution in [-0.2, 0) is 12.8 Å². The zero-order chi connectivity index (χ0) is 14.2. The van der Waals surface area contributed by atoms with Crippen LogP contribution in [0.2, 0.25) is 0 Å². The lowest BCUT2D eigenvalue weighted by Gasteiger charge is -2.14. The molecule has 0 heterocycles. The van der Waals surface area contributed by atoms with Gasteiger partial charge in [0.15, 0.2) is 0 Å². The van der Waals surface area contributed by atoms with Gasteiger partial charge in [0, 0.05) is 5.88 Å². The topological polar surface area (TPSA) is 0 Å². The highest BCUT2D eigenvalue weighted by molar-refractivity contribution is 6.18. The lowest BCUT2D eigenvalue weighted by molar-refractivity contribution is 0.511. The van der Waals surface area contributed by atoms with E-state index in [4.69, 9.17) is 11.6 Å². The van der Waals surface area contributed by atoms with Crippen molar-refractivity contribution in [2.24, 2.45) is 5.92 Å². The van der Waals surface area contributed by atoms with E-state index in [1.54, 1.807) is 12.1 Å². The SMILES string of the molecule is Fc1cccc(CC(CCl)CCCc2ccccc2)c1. The molecule has 106 valence electrons. The number of hydrogen-bond donors (Lipinski definition) is 0. The molecule has 2 aromatic carbocycles. The summed E-state index contributed by atoms with van der Waals surface area (Å²) in [5.41, 5.74) is 2.40. The molecule has 0 aliphatic rings. The third-order valence-corrected chi connectivity index (χ3v) is 3.99. The van der Waals surface area contributed by atoms with Crippen LogP contribution in [0.5, 0.6) is 0 Å². The number of rotatable bonds is 7. The van der Waals surface area contributed by atoms with Gasteiger partial charge in [-0.1, -0.05) is 42.5 Å². The van der Waals surface area contributed by atoms with Crippen molar-refractivity contribution in [2.45, 2.75) is 25.7 Å². The first-order valence-corrected chi connectivity index (χ1v) is 7.65. The van der Waals surface area contributed by atoms with Gasteiger partial charge in [-0.3, -0.25) is 0 Å². The van der Waals surface area contributed by atoms with E-state index in [9.17, 15) is 4.39 Å². The average molecular weight is 291 g/mol. The fraction of sp³-hybridized carbons (Fsp3) is 0.333. The molecule has 0 nitrogen and oxygen atoms in total. The first-order valence-electron chi connectivity index (χ1n) is 7.12. The molecule has 0 N–H and O–H groups in total. The van der Waals surface area contributed by atoms with Crippen LogP contribution in [0.4, 0.5) is 4.39 Å². The molecule has 0 saturated carbocycles. The third kappa shape index (κ3) is 4.97. The standard InChI is InChI=1S/C18H20ClF/c19-14-17(12-16-9-5-11-18(20)13-16)10-4-8-15-6-2-1-3-7-15/h1-3,5-7,9,11,13,17H,4,8,10,12,14H2. The molecule has 0 amide bonds. The van der Waals surface area contributed by atoms with Crippen LogP contribution in [0.3, 0.4) is 0 Å². The maximum atomic E-state index is 13.2. The summed E-state index contributed by atoms with van der Waals surface area (Å²) in [4.78, 5) is 0. The maximum absolute atomic E-state index is 13.2. The number of benzene rings is 2. The van der Waals surface area contributed by atoms with Crippen molar-refractivity contribution in [2.75, 3.05) is 5.88 Å². The molecule has 1 unspecified atom stereocenters. The van der Waals surface area contributed by atoms with Gasteiger partial charge in [0.1, 0.15) is 5.82 Å². The van der Waals surface area contributed by atoms with Crippen molar-refractivity contribution < 1.29 is 4.39 Å². The Kier molecular flexibility index (Phi) is 6.07. The normalized spacial score (nSPS) is 12.3. The minimum absolute atomic E-state index is 0.167. The van der Waals surface area contributed by atoms with Gasteiger partial charge >= 0.3 is 0 Å². The van der Waals surface area contributed by atoms with E-state index in [2.05, 4.69) is 24.3 Å². The summed E-state index contributed by atoms with van der Waals surface area (Å²) in [5.74, 6) is 0.882. The minimum atomic E-state index is -0.167. The number of alkyl halides is 1. The summed E-state index contributed by atoms with van der Waals surface area (Å²) in [7, 11) is 0. The Morgan fingerprint density at radius 1 is 0.950 bits per heavy atom. The Balaban J connectivity index is 1.80. The van der Waals surface area contributed by atoms with Gasteiger partial charge < -0.3 is 0 Å². The molecule has 0 aliphatic heterocycles. The first kappa shape index (κ1) is 15.1. The molecule has 0 radical (unpaired) electrons. The number of halogens is 2. The minimum Gasteiger partial charge on any atom is -0.207 e. The summed E-state index contributed by atoms with van der Waals surface area (Å²) >= 11 is 6.05. The molecule has 0 aliphatic carbocycles. The fourth-order valence-corrected chi connectivity index (χ4v) is 2.73. The summed E-state index contributed by atoms with van der Waals surface area (Å²) < 4.78 is 13.2. The summed E-state index contributed by atoms with van der Waals surface area (Å²) in [6, 6.07) is 17.3. The van der Waals surface area contributed by atoms with E-state index in [-0.39, 0.29) is 5.82 Å². The monoisotopic (exact) mass is 290 g/mol. The quantitative estimate of drug-likeness (QED) is 0.611. The number of aryl methyl sites for hydroxylation is 1. The summed E-state index contributed by atoms with van der Waals surface area (Å²) in [5, 5.41) is 0. The van der Waals surface area contributed by atoms with Crippen LogP contribution < -0.4 is 0 Å². The van der Waals surface area contributed by atoms with Gasteiger partial charge in [-0.05, 0) is 54.9 Å². The Labute approximate surface area is 125 Å². The van der Waals surface area contributed by atoms with E-state index < -0.39 is 0 Å². The molecule has 1 atom stereocenters. The fourth-order valence-electron chi connectivity index (χ4n) is 2.47. The second-order valence-electron chi connectivity index (χ2n) is 5.23. The highest BCUT2D eigenvalue weighted by Crippen LogP contribution is 2.18. The molecular weight excluding hydrogens is 271 g/mol. The smallest absolute Gasteiger partial charge is 0.123 e. The Hall–Kier alpha value is -1.34. The van der Waals surface area contributed by atoms with Gasteiger partial charge in [-0.25, -0.2) is 4.39 Å². The first-order chi connectivity index (χ1) is 9.78. The molecule has 0 fully saturated rings. The van der Waals surface area contributed by atoms with E-state index in [0.717, 1.165) is 31.2 Å². The van der Waals surface area contributed by atoms with Gasteiger partial charge in [0.25, 0.3) is 0 Å². The predicted octanol–water partition coefficient (Wildman–Crippen LogP) is 5.25. The lowest BCUT2D eigenvalue weighted by Crippen LogP contribution is -2.07. The molecule has 0 saturated heterocycles. The van der Waals surface area contributed by atoms with Crippen molar-refractivity contribution in [3.8, 4) is 0 Å². The van der Waals surface area contributed by atoms with E-state index >= 15 is 0 Å². The zero-order valence-electron chi connectivity index (χ0n) is 11.6. The van der Waals surface area contributed by atoms with E-state index in [1.165, 1.54) is 11.6 Å². The van der Waals surface area contributed by atoms with Crippen molar-refractivity contribution in [1.29, 1.82) is 0 Å². The van der Waals surface area contributed by atoms with Crippen molar-refractivity contribution in [1.82, 2.24) is 0 Å². The molecule has 0 spiro atoms. The van der Waals surface area contributed by atoms with Crippen molar-refractivity contribution in [3.63, 3.8) is 0 Å². The Morgan fingerprint density at radius 3 is 2.40 bits per heavy atom. The molecule has 0 bridgehead atoms. The third-order valence-electron chi connectivity index (χ3n) is 3.55. The Bertz CT molecular complexity index is 510. The van der Waals surface area contributed by atoms with Gasteiger partial charge in [0.2, 0.25) is 0 Å². The van der Waals surface area contributed by atoms with Gasteiger partial charge in [-0.2, -0.15) is 0 Å². The maximum Gasteiger partial charge on any atom is 0.123 e. The molecular formula is C18H20ClF. The molecule has 2 heteroatoms. The largest absolute Gasteiger partial charge is 0.207 e. The van der Waals surface area contributed by atoms with E-state index in [0.29, 0.717) is 11.8 Å². The highest BCUT2D eigenvalue weighted by atomic mass is 35.5. The predicted molar refractivity (Wildman–Crippen MR) is 83.7 cm³/mol. The lowest BCUT2D eigenvalue weighted by atomic mass is 9.94. The van der Waals surface area contributed by atoms with Gasteiger partial charge in [-0.15, -0.1) is 11.6 Å². The van der Waals surface area contributed by atoms with Crippen molar-refractivity contribution >= 4 is 11.6 Å². The second kappa shape index (κ2) is 8.06. The highest BCUT2D eigenvalue weighted by Gasteiger charge is 2.09. The Morgan fingerprint density at radius 2 is 1.70 bits per heavy atom. The summed E-state index contributed by atoms with van der Waals surface area (Å²) in [6.07, 6.45) is 4.14. The second-order valence-corrected chi connectivity index (χ2v) is 5.54. The van der Waals surface area contributed by atoms with E-state index in [1.807, 2.05) is 12.1 Å². The van der Waals surface area contributed by atoms with Crippen LogP contribution in [-0.4, -0.2) is 5.88 Å². The van der Waals surface area contributed by atoms with Crippen molar-refractivity contribution in [3.05, 3.63) is 71.5 Å². The van der Waals surface area contributed by atoms with Crippen LogP contribution in [0.1, 0.15) is 24.0 Å². The molecule has 20 heavy (non-hydrogen) atoms. The van der Waals surface area contributed by atoms with Gasteiger partial charge in [0.05, 0.1) is 0 Å².